The molecule has 0 spiro atoms. The van der Waals surface area contributed by atoms with E-state index in [0.717, 1.165) is 6.26 Å². The summed E-state index contributed by atoms with van der Waals surface area (Å²) in [5.41, 5.74) is 0.769. The molecule has 13 heteroatoms. The number of hydrogen-bond donors (Lipinski definition) is 2. The van der Waals surface area contributed by atoms with E-state index in [-0.39, 0.29) is 21.0 Å². The predicted octanol–water partition coefficient (Wildman–Crippen LogP) is 3.60. The van der Waals surface area contributed by atoms with Crippen LogP contribution in [0, 0.1) is 5.82 Å². The van der Waals surface area contributed by atoms with Gasteiger partial charge in [0.2, 0.25) is 0 Å². The van der Waals surface area contributed by atoms with Crippen LogP contribution in [0.15, 0.2) is 72.0 Å². The fourth-order valence-corrected chi connectivity index (χ4v) is 4.35. The summed E-state index contributed by atoms with van der Waals surface area (Å²) in [5, 5.41) is 9.69. The van der Waals surface area contributed by atoms with Crippen molar-refractivity contribution in [2.24, 2.45) is 0 Å². The minimum Gasteiger partial charge on any atom is -0.342 e. The maximum absolute atomic E-state index is 13.1. The Balaban J connectivity index is 1.48. The highest BCUT2D eigenvalue weighted by Crippen LogP contribution is 2.21. The highest BCUT2D eigenvalue weighted by Gasteiger charge is 2.20. The van der Waals surface area contributed by atoms with E-state index in [1.165, 1.54) is 59.7 Å². The minimum atomic E-state index is -3.57. The lowest BCUT2D eigenvalue weighted by molar-refractivity contribution is 0.0937. The fraction of sp³-hybridized carbons (Fsp3) is 0.125. The average molecular weight is 543 g/mol. The quantitative estimate of drug-likeness (QED) is 0.364. The number of nitrogens with zero attached hydrogens (tertiary/aromatic N) is 4. The van der Waals surface area contributed by atoms with Crippen molar-refractivity contribution in [3.8, 4) is 5.82 Å². The highest BCUT2D eigenvalue weighted by atomic mass is 35.5. The van der Waals surface area contributed by atoms with Crippen molar-refractivity contribution >= 4 is 38.9 Å². The van der Waals surface area contributed by atoms with E-state index in [1.54, 1.807) is 19.1 Å². The van der Waals surface area contributed by atoms with E-state index in [1.807, 2.05) is 0 Å². The van der Waals surface area contributed by atoms with Gasteiger partial charge in [-0.05, 0) is 61.5 Å². The summed E-state index contributed by atoms with van der Waals surface area (Å²) in [6.45, 7) is 1.68. The van der Waals surface area contributed by atoms with Crippen LogP contribution >= 0.6 is 11.6 Å². The van der Waals surface area contributed by atoms with Crippen LogP contribution in [0.4, 0.5) is 10.1 Å². The molecular formula is C24H20ClFN6O4S. The second kappa shape index (κ2) is 10.4. The number of aromatic nitrogens is 4. The number of carbonyl (C=O) groups is 2. The highest BCUT2D eigenvalue weighted by molar-refractivity contribution is 7.90. The molecule has 4 rings (SSSR count). The lowest BCUT2D eigenvalue weighted by atomic mass is 10.2. The Hall–Kier alpha value is -4.16. The topological polar surface area (TPSA) is 136 Å². The summed E-state index contributed by atoms with van der Waals surface area (Å²) in [6.07, 6.45) is 3.74. The van der Waals surface area contributed by atoms with Crippen LogP contribution in [0.5, 0.6) is 0 Å². The second-order valence-electron chi connectivity index (χ2n) is 8.04. The van der Waals surface area contributed by atoms with Gasteiger partial charge < -0.3 is 10.6 Å². The molecule has 0 aliphatic carbocycles. The van der Waals surface area contributed by atoms with E-state index in [4.69, 9.17) is 11.6 Å². The molecule has 0 saturated carbocycles. The van der Waals surface area contributed by atoms with Crippen LogP contribution in [0.1, 0.15) is 39.5 Å². The van der Waals surface area contributed by atoms with E-state index in [9.17, 15) is 22.4 Å². The molecule has 4 aromatic rings. The zero-order chi connectivity index (χ0) is 26.7. The first-order chi connectivity index (χ1) is 17.5. The van der Waals surface area contributed by atoms with Crippen LogP contribution in [0.2, 0.25) is 5.02 Å². The Labute approximate surface area is 216 Å². The van der Waals surface area contributed by atoms with E-state index < -0.39 is 33.5 Å². The third kappa shape index (κ3) is 6.16. The second-order valence-corrected chi connectivity index (χ2v) is 10.5. The Kier molecular flexibility index (Phi) is 7.32. The normalized spacial score (nSPS) is 12.1. The van der Waals surface area contributed by atoms with E-state index in [2.05, 4.69) is 25.7 Å². The monoisotopic (exact) mass is 542 g/mol. The first-order valence-electron chi connectivity index (χ1n) is 10.8. The molecule has 2 aromatic heterocycles. The van der Waals surface area contributed by atoms with Crippen molar-refractivity contribution in [1.29, 1.82) is 0 Å². The van der Waals surface area contributed by atoms with Gasteiger partial charge in [0.25, 0.3) is 11.8 Å². The van der Waals surface area contributed by atoms with Crippen LogP contribution < -0.4 is 10.6 Å². The number of halogens is 2. The van der Waals surface area contributed by atoms with Crippen molar-refractivity contribution in [3.05, 3.63) is 94.9 Å². The summed E-state index contributed by atoms with van der Waals surface area (Å²) in [5.74, 6) is -0.693. The molecule has 2 N–H and O–H groups in total. The van der Waals surface area contributed by atoms with Gasteiger partial charge in [-0.3, -0.25) is 9.59 Å². The number of hydrogen-bond acceptors (Lipinski definition) is 7. The summed E-state index contributed by atoms with van der Waals surface area (Å²) < 4.78 is 38.2. The minimum absolute atomic E-state index is 0.0724. The van der Waals surface area contributed by atoms with Gasteiger partial charge in [0.15, 0.2) is 21.5 Å². The molecule has 0 radical (unpaired) electrons. The van der Waals surface area contributed by atoms with Gasteiger partial charge in [-0.25, -0.2) is 22.8 Å². The van der Waals surface area contributed by atoms with Crippen molar-refractivity contribution < 1.29 is 22.4 Å². The molecule has 0 fully saturated rings. The fourth-order valence-electron chi connectivity index (χ4n) is 3.36. The SMILES string of the molecule is C[C@@H](NC(=O)c1cc(Cl)cc(S(C)(=O)=O)c1)c1ncnn1-c1ccc(NC(=O)c2ccc(F)cc2)cn1. The molecule has 0 saturated heterocycles. The number of amides is 2. The van der Waals surface area contributed by atoms with Gasteiger partial charge in [-0.1, -0.05) is 11.6 Å². The van der Waals surface area contributed by atoms with Crippen LogP contribution in [-0.4, -0.2) is 46.2 Å². The lowest BCUT2D eigenvalue weighted by Crippen LogP contribution is -2.29. The van der Waals surface area contributed by atoms with Gasteiger partial charge >= 0.3 is 0 Å². The third-order valence-electron chi connectivity index (χ3n) is 5.20. The van der Waals surface area contributed by atoms with Crippen molar-refractivity contribution in [2.45, 2.75) is 17.9 Å². The van der Waals surface area contributed by atoms with Crippen LogP contribution in [-0.2, 0) is 9.84 Å². The number of sulfone groups is 1. The van der Waals surface area contributed by atoms with Gasteiger partial charge in [-0.2, -0.15) is 9.78 Å². The summed E-state index contributed by atoms with van der Waals surface area (Å²) >= 11 is 6.01. The van der Waals surface area contributed by atoms with Crippen molar-refractivity contribution in [1.82, 2.24) is 25.1 Å². The van der Waals surface area contributed by atoms with Gasteiger partial charge in [0.1, 0.15) is 12.1 Å². The molecule has 2 heterocycles. The van der Waals surface area contributed by atoms with Crippen LogP contribution in [0.25, 0.3) is 5.82 Å². The van der Waals surface area contributed by atoms with Crippen molar-refractivity contribution in [2.75, 3.05) is 11.6 Å². The first kappa shape index (κ1) is 25.9. The number of pyridine rings is 1. The zero-order valence-corrected chi connectivity index (χ0v) is 21.1. The Bertz CT molecular complexity index is 1570. The van der Waals surface area contributed by atoms with Gasteiger partial charge in [0, 0.05) is 22.4 Å². The third-order valence-corrected chi connectivity index (χ3v) is 6.51. The molecule has 190 valence electrons. The molecule has 0 bridgehead atoms. The molecular weight excluding hydrogens is 523 g/mol. The number of anilines is 1. The molecule has 1 atom stereocenters. The van der Waals surface area contributed by atoms with Crippen molar-refractivity contribution in [3.63, 3.8) is 0 Å². The summed E-state index contributed by atoms with van der Waals surface area (Å²) in [4.78, 5) is 33.6. The van der Waals surface area contributed by atoms with E-state index >= 15 is 0 Å². The average Bonchev–Trinajstić information content (AvgIpc) is 3.34. The molecule has 0 aliphatic heterocycles. The molecule has 10 nitrogen and oxygen atoms in total. The maximum atomic E-state index is 13.1. The van der Waals surface area contributed by atoms with E-state index in [0.29, 0.717) is 17.3 Å². The Morgan fingerprint density at radius 1 is 1.00 bits per heavy atom. The molecule has 2 amide bonds. The number of carbonyl (C=O) groups excluding carboxylic acids is 2. The van der Waals surface area contributed by atoms with Gasteiger partial charge in [-0.15, -0.1) is 0 Å². The zero-order valence-electron chi connectivity index (χ0n) is 19.5. The number of benzene rings is 2. The first-order valence-corrected chi connectivity index (χ1v) is 13.0. The Morgan fingerprint density at radius 3 is 2.38 bits per heavy atom. The maximum Gasteiger partial charge on any atom is 0.255 e. The number of nitrogens with one attached hydrogen (secondary N) is 2. The molecule has 0 aliphatic rings. The summed E-state index contributed by atoms with van der Waals surface area (Å²) in [6, 6.07) is 11.6. The predicted molar refractivity (Wildman–Crippen MR) is 134 cm³/mol. The van der Waals surface area contributed by atoms with Gasteiger partial charge in [0.05, 0.1) is 22.8 Å². The largest absolute Gasteiger partial charge is 0.342 e. The number of rotatable bonds is 7. The lowest BCUT2D eigenvalue weighted by Gasteiger charge is -2.15. The standard InChI is InChI=1S/C24H20ClFN6O4S/c1-14(30-24(34)16-9-17(25)11-20(10-16)37(2,35)36)22-28-13-29-32(22)21-8-7-19(12-27-21)31-23(33)15-3-5-18(26)6-4-15/h3-14H,1-2H3,(H,30,34)(H,31,33)/t14-/m1/s1. The molecule has 0 unspecified atom stereocenters. The smallest absolute Gasteiger partial charge is 0.255 e. The summed E-state index contributed by atoms with van der Waals surface area (Å²) in [7, 11) is -3.57. The van der Waals surface area contributed by atoms with Crippen LogP contribution in [0.3, 0.4) is 0 Å². The molecule has 37 heavy (non-hydrogen) atoms. The molecule has 2 aromatic carbocycles. The Morgan fingerprint density at radius 2 is 1.73 bits per heavy atom.